The summed E-state index contributed by atoms with van der Waals surface area (Å²) in [7, 11) is 0. The summed E-state index contributed by atoms with van der Waals surface area (Å²) < 4.78 is 0. The average Bonchev–Trinajstić information content (AvgIpc) is 3.87. The third kappa shape index (κ3) is 28.3. The fourth-order valence-electron chi connectivity index (χ4n) is 7.57. The van der Waals surface area contributed by atoms with Crippen LogP contribution in [0.2, 0.25) is 0 Å². The van der Waals surface area contributed by atoms with Crippen LogP contribution in [-0.4, -0.2) is 174 Å². The molecule has 0 fully saturated rings. The molecule has 30 heteroatoms. The summed E-state index contributed by atoms with van der Waals surface area (Å²) in [6.45, 7) is 7.37. The number of rotatable bonds is 41. The maximum absolute atomic E-state index is 14.3. The minimum absolute atomic E-state index is 0.00398. The number of aliphatic hydroxyl groups excluding tert-OH is 1. The molecule has 0 aliphatic rings. The van der Waals surface area contributed by atoms with Gasteiger partial charge in [-0.2, -0.15) is 0 Å². The summed E-state index contributed by atoms with van der Waals surface area (Å²) in [4.78, 5) is 128. The van der Waals surface area contributed by atoms with Gasteiger partial charge >= 0.3 is 5.97 Å². The Balaban J connectivity index is 3.42. The van der Waals surface area contributed by atoms with Gasteiger partial charge in [-0.3, -0.25) is 49.0 Å². The van der Waals surface area contributed by atoms with E-state index in [-0.39, 0.29) is 70.4 Å². The molecule has 1 aromatic heterocycles. The zero-order valence-electron chi connectivity index (χ0n) is 44.8. The average molecular weight is 1090 g/mol. The van der Waals surface area contributed by atoms with Crippen molar-refractivity contribution < 1.29 is 70.6 Å². The van der Waals surface area contributed by atoms with Crippen molar-refractivity contribution in [3.8, 4) is 0 Å². The normalized spacial score (nSPS) is 14.6. The Morgan fingerprint density at radius 2 is 1.04 bits per heavy atom. The predicted molar refractivity (Wildman–Crippen MR) is 277 cm³/mol. The Morgan fingerprint density at radius 1 is 0.592 bits per heavy atom. The van der Waals surface area contributed by atoms with Gasteiger partial charge in [-0.25, -0.2) is 9.78 Å². The lowest BCUT2D eigenvalue weighted by molar-refractivity contribution is -0.409. The Morgan fingerprint density at radius 3 is 1.43 bits per heavy atom. The van der Waals surface area contributed by atoms with Crippen LogP contribution in [0.3, 0.4) is 0 Å². The number of carboxylic acids is 1. The number of unbranched alkanes of at least 4 members (excludes halogenated alkanes) is 2. The van der Waals surface area contributed by atoms with E-state index in [2.05, 4.69) is 80.3 Å². The van der Waals surface area contributed by atoms with Gasteiger partial charge in [-0.15, -0.1) is 0 Å². The fourth-order valence-corrected chi connectivity index (χ4v) is 7.57. The molecule has 1 rings (SSSR count). The van der Waals surface area contributed by atoms with Crippen molar-refractivity contribution >= 4 is 53.2 Å². The third-order valence-electron chi connectivity index (χ3n) is 11.8. The number of H-pyrrole nitrogens is 1. The van der Waals surface area contributed by atoms with Crippen molar-refractivity contribution in [2.45, 2.75) is 166 Å². The molecule has 8 atom stereocenters. The first kappa shape index (κ1) is 68.1. The van der Waals surface area contributed by atoms with Crippen LogP contribution in [0, 0.1) is 11.8 Å². The summed E-state index contributed by atoms with van der Waals surface area (Å²) in [5, 5.41) is 46.0. The number of hydrogen-bond acceptors (Lipinski definition) is 17. The standard InChI is InChI=1S/C46H89N19O11/c1-25(2)19-33(63-43(74)36(26(3)4)65-37(68)28(49)23-66)38(69)57-22-35(67)59-29(11-5-7-15-47)39(70)61-31(13-9-17-55-45(50)51)41(72)60-30(12-6-8-16-48)40(71)62-32(14-10-18-56-46(52)53)42(73)64-34(44(75)76)20-27-21-54-24-58-27/h21,24-26,28-34,36,45-46,55-56,66H,5-20,22-23,47-53H2,1-4H3,(H,54,58)(H,57,69)(H,59,67)(H,60,72)(H,61,70)(H,62,71)(H,63,74)(H,64,73)(H,65,68)(H,75,76)/p+3/t28-,29-,30-,31-,32-,33-,34-,36-/m0/s1. The lowest BCUT2D eigenvalue weighted by Gasteiger charge is -2.27. The molecule has 30 N–H and O–H groups in total. The molecule has 434 valence electrons. The Kier molecular flexibility index (Phi) is 33.8. The number of nitrogens with zero attached hydrogens (tertiary/aromatic N) is 1. The minimum atomic E-state index is -1.40. The zero-order valence-corrected chi connectivity index (χ0v) is 44.8. The molecule has 76 heavy (non-hydrogen) atoms. The van der Waals surface area contributed by atoms with E-state index in [1.54, 1.807) is 13.8 Å². The number of aromatic amines is 1. The second-order valence-electron chi connectivity index (χ2n) is 19.4. The van der Waals surface area contributed by atoms with Crippen LogP contribution in [0.1, 0.15) is 104 Å². The molecule has 0 saturated carbocycles. The van der Waals surface area contributed by atoms with Crippen LogP contribution in [0.4, 0.5) is 0 Å². The topological polar surface area (TPSA) is 530 Å². The number of carbonyl (C=O) groups excluding carboxylic acids is 8. The first-order valence-electron chi connectivity index (χ1n) is 26.0. The van der Waals surface area contributed by atoms with Gasteiger partial charge in [-0.05, 0) is 95.6 Å². The fraction of sp³-hybridized carbons (Fsp3) is 0.739. The van der Waals surface area contributed by atoms with E-state index < -0.39 is 133 Å². The van der Waals surface area contributed by atoms with Crippen LogP contribution in [0.25, 0.3) is 0 Å². The SMILES string of the molecule is CC(C)C[C@H](NC(=O)[C@@H](NC(=O)[C@@H]([NH3+])CO)C(C)C)C(=O)NCC(=O)N[C@@H](CCCC[NH3+])C(=O)N[C@@H](CCCNC(N)N)C(=O)N[C@@H](CCCC[NH3+])C(=O)N[C@@H](CCCNC(N)N)C(=O)N[C@@H](Cc1cnc[nH]1)C(=O)O. The molecular weight excluding hydrogens is 995 g/mol. The summed E-state index contributed by atoms with van der Waals surface area (Å²) in [6, 6.07) is -9.69. The van der Waals surface area contributed by atoms with Gasteiger partial charge < -0.3 is 97.9 Å². The summed E-state index contributed by atoms with van der Waals surface area (Å²) in [6.07, 6.45) is 3.73. The van der Waals surface area contributed by atoms with E-state index in [0.29, 0.717) is 44.5 Å². The second-order valence-corrected chi connectivity index (χ2v) is 19.4. The van der Waals surface area contributed by atoms with E-state index in [4.69, 9.17) is 22.9 Å². The number of nitrogens with two attached hydrogens (primary N) is 4. The predicted octanol–water partition coefficient (Wildman–Crippen LogP) is -9.18. The van der Waals surface area contributed by atoms with Gasteiger partial charge in [0.1, 0.15) is 61.5 Å². The molecule has 1 aromatic rings. The van der Waals surface area contributed by atoms with Gasteiger partial charge in [0.15, 0.2) is 6.04 Å². The first-order chi connectivity index (χ1) is 35.9. The van der Waals surface area contributed by atoms with Crippen LogP contribution in [-0.2, 0) is 49.6 Å². The maximum Gasteiger partial charge on any atom is 0.326 e. The number of imidazole rings is 1. The third-order valence-corrected chi connectivity index (χ3v) is 11.8. The second kappa shape index (κ2) is 37.7. The minimum Gasteiger partial charge on any atom is -0.480 e. The highest BCUT2D eigenvalue weighted by Gasteiger charge is 2.34. The molecular formula is C46H92N19O11+3. The Bertz CT molecular complexity index is 1930. The number of amides is 8. The first-order valence-corrected chi connectivity index (χ1v) is 26.0. The lowest BCUT2D eigenvalue weighted by Crippen LogP contribution is -2.71. The molecule has 0 radical (unpaired) electrons. The van der Waals surface area contributed by atoms with Crippen molar-refractivity contribution in [2.75, 3.05) is 39.3 Å². The van der Waals surface area contributed by atoms with Crippen molar-refractivity contribution in [3.05, 3.63) is 18.2 Å². The van der Waals surface area contributed by atoms with Crippen LogP contribution < -0.4 is 93.3 Å². The highest BCUT2D eigenvalue weighted by molar-refractivity contribution is 5.97. The quantitative estimate of drug-likeness (QED) is 0.0214. The van der Waals surface area contributed by atoms with Crippen LogP contribution in [0.15, 0.2) is 12.5 Å². The van der Waals surface area contributed by atoms with Gasteiger partial charge in [-0.1, -0.05) is 27.7 Å². The molecule has 0 bridgehead atoms. The van der Waals surface area contributed by atoms with Crippen molar-refractivity contribution in [1.29, 1.82) is 0 Å². The summed E-state index contributed by atoms with van der Waals surface area (Å²) in [5.74, 6) is -7.75. The smallest absolute Gasteiger partial charge is 0.326 e. The maximum atomic E-state index is 14.3. The number of carboxylic acid groups (broad SMARTS) is 1. The number of nitrogens with one attached hydrogen (secondary N) is 11. The van der Waals surface area contributed by atoms with E-state index in [1.807, 2.05) is 13.8 Å². The lowest BCUT2D eigenvalue weighted by atomic mass is 9.99. The Hall–Kier alpha value is -5.96. The summed E-state index contributed by atoms with van der Waals surface area (Å²) in [5.41, 5.74) is 34.3. The zero-order chi connectivity index (χ0) is 57.3. The van der Waals surface area contributed by atoms with Crippen molar-refractivity contribution in [1.82, 2.24) is 63.1 Å². The molecule has 8 amide bonds. The van der Waals surface area contributed by atoms with Gasteiger partial charge in [0.05, 0.1) is 26.0 Å². The van der Waals surface area contributed by atoms with E-state index >= 15 is 0 Å². The van der Waals surface area contributed by atoms with E-state index in [0.717, 1.165) is 0 Å². The van der Waals surface area contributed by atoms with Gasteiger partial charge in [0.25, 0.3) is 5.91 Å². The number of carbonyl (C=O) groups is 9. The summed E-state index contributed by atoms with van der Waals surface area (Å²) >= 11 is 0. The number of hydrogen-bond donors (Lipinski definition) is 20. The van der Waals surface area contributed by atoms with Crippen molar-refractivity contribution in [2.24, 2.45) is 34.8 Å². The molecule has 0 aromatic carbocycles. The van der Waals surface area contributed by atoms with Gasteiger partial charge in [0.2, 0.25) is 41.4 Å². The van der Waals surface area contributed by atoms with E-state index in [1.165, 1.54) is 12.5 Å². The highest BCUT2D eigenvalue weighted by Crippen LogP contribution is 2.11. The van der Waals surface area contributed by atoms with Crippen molar-refractivity contribution in [3.63, 3.8) is 0 Å². The number of quaternary nitrogens is 3. The molecule has 0 saturated heterocycles. The molecule has 1 heterocycles. The van der Waals surface area contributed by atoms with Crippen LogP contribution >= 0.6 is 0 Å². The molecule has 0 aliphatic heterocycles. The van der Waals surface area contributed by atoms with E-state index in [9.17, 15) is 53.4 Å². The van der Waals surface area contributed by atoms with Gasteiger partial charge in [0, 0.05) is 18.3 Å². The molecule has 30 nitrogen and oxygen atoms in total. The Labute approximate surface area is 443 Å². The largest absolute Gasteiger partial charge is 0.480 e. The monoisotopic (exact) mass is 1090 g/mol. The number of aromatic nitrogens is 2. The number of aliphatic hydroxyl groups is 1. The van der Waals surface area contributed by atoms with Crippen LogP contribution in [0.5, 0.6) is 0 Å². The molecule has 0 aliphatic carbocycles. The molecule has 0 unspecified atom stereocenters. The highest BCUT2D eigenvalue weighted by atomic mass is 16.4. The molecule has 0 spiro atoms. The number of aliphatic carboxylic acids is 1.